The Kier molecular flexibility index (Phi) is 3.28. The van der Waals surface area contributed by atoms with E-state index in [1.54, 1.807) is 6.07 Å². The van der Waals surface area contributed by atoms with E-state index >= 15 is 0 Å². The Bertz CT molecular complexity index is 830. The van der Waals surface area contributed by atoms with Gasteiger partial charge < -0.3 is 11.1 Å². The van der Waals surface area contributed by atoms with Crippen LogP contribution in [0.1, 0.15) is 10.4 Å². The number of anilines is 2. The quantitative estimate of drug-likeness (QED) is 0.701. The van der Waals surface area contributed by atoms with Crippen LogP contribution < -0.4 is 11.1 Å². The van der Waals surface area contributed by atoms with E-state index < -0.39 is 11.7 Å². The van der Waals surface area contributed by atoms with Gasteiger partial charge in [0.05, 0.1) is 5.56 Å². The molecule has 0 unspecified atom stereocenters. The molecule has 104 valence electrons. The van der Waals surface area contributed by atoms with Crippen LogP contribution in [0.5, 0.6) is 0 Å². The molecule has 3 N–H and O–H groups in total. The van der Waals surface area contributed by atoms with Crippen LogP contribution in [0.25, 0.3) is 10.8 Å². The molecule has 21 heavy (non-hydrogen) atoms. The fourth-order valence-corrected chi connectivity index (χ4v) is 2.18. The van der Waals surface area contributed by atoms with Crippen molar-refractivity contribution in [2.45, 2.75) is 0 Å². The average Bonchev–Trinajstić information content (AvgIpc) is 2.47. The number of halogens is 1. The van der Waals surface area contributed by atoms with E-state index in [0.29, 0.717) is 5.69 Å². The van der Waals surface area contributed by atoms with Crippen molar-refractivity contribution in [1.82, 2.24) is 0 Å². The summed E-state index contributed by atoms with van der Waals surface area (Å²) >= 11 is 0. The molecule has 3 aromatic carbocycles. The van der Waals surface area contributed by atoms with Gasteiger partial charge in [0.15, 0.2) is 0 Å². The summed E-state index contributed by atoms with van der Waals surface area (Å²) in [5.41, 5.74) is 6.35. The van der Waals surface area contributed by atoms with Gasteiger partial charge in [-0.25, -0.2) is 4.39 Å². The molecule has 1 amide bonds. The number of benzene rings is 3. The lowest BCUT2D eigenvalue weighted by atomic mass is 10.1. The lowest BCUT2D eigenvalue weighted by Gasteiger charge is -2.08. The van der Waals surface area contributed by atoms with E-state index in [1.807, 2.05) is 36.4 Å². The van der Waals surface area contributed by atoms with Gasteiger partial charge in [-0.3, -0.25) is 4.79 Å². The van der Waals surface area contributed by atoms with Gasteiger partial charge in [0.25, 0.3) is 5.91 Å². The number of nitrogens with two attached hydrogens (primary N) is 1. The zero-order chi connectivity index (χ0) is 14.8. The van der Waals surface area contributed by atoms with Crippen LogP contribution in [0, 0.1) is 5.82 Å². The number of nitrogen functional groups attached to an aromatic ring is 1. The fraction of sp³-hybridized carbons (Fsp3) is 0. The summed E-state index contributed by atoms with van der Waals surface area (Å²) in [6.45, 7) is 0. The van der Waals surface area contributed by atoms with E-state index in [9.17, 15) is 9.18 Å². The maximum atomic E-state index is 13.7. The molecule has 0 fully saturated rings. The van der Waals surface area contributed by atoms with E-state index in [4.69, 9.17) is 5.73 Å². The Morgan fingerprint density at radius 1 is 0.952 bits per heavy atom. The van der Waals surface area contributed by atoms with Crippen LogP contribution in [0.4, 0.5) is 15.8 Å². The van der Waals surface area contributed by atoms with Crippen LogP contribution in [-0.2, 0) is 0 Å². The second-order valence-corrected chi connectivity index (χ2v) is 4.76. The molecule has 0 aliphatic heterocycles. The monoisotopic (exact) mass is 280 g/mol. The third-order valence-corrected chi connectivity index (χ3v) is 3.25. The number of carbonyl (C=O) groups is 1. The maximum Gasteiger partial charge on any atom is 0.258 e. The molecule has 0 radical (unpaired) electrons. The molecular formula is C17H13FN2O. The van der Waals surface area contributed by atoms with Gasteiger partial charge in [0.1, 0.15) is 5.82 Å². The van der Waals surface area contributed by atoms with Crippen LogP contribution in [-0.4, -0.2) is 5.91 Å². The van der Waals surface area contributed by atoms with Crippen molar-refractivity contribution in [1.29, 1.82) is 0 Å². The minimum atomic E-state index is -0.631. The Balaban J connectivity index is 1.89. The predicted molar refractivity (Wildman–Crippen MR) is 82.7 cm³/mol. The van der Waals surface area contributed by atoms with Crippen molar-refractivity contribution in [2.24, 2.45) is 0 Å². The lowest BCUT2D eigenvalue weighted by molar-refractivity contribution is 0.102. The van der Waals surface area contributed by atoms with E-state index in [2.05, 4.69) is 5.32 Å². The van der Waals surface area contributed by atoms with Crippen molar-refractivity contribution >= 4 is 28.1 Å². The third kappa shape index (κ3) is 2.69. The Morgan fingerprint density at radius 2 is 1.71 bits per heavy atom. The summed E-state index contributed by atoms with van der Waals surface area (Å²) in [6.07, 6.45) is 0. The Labute approximate surface area is 121 Å². The van der Waals surface area contributed by atoms with Gasteiger partial charge in [-0.15, -0.1) is 0 Å². The van der Waals surface area contributed by atoms with Gasteiger partial charge in [0, 0.05) is 11.4 Å². The first kappa shape index (κ1) is 13.1. The first-order valence-electron chi connectivity index (χ1n) is 6.49. The number of rotatable bonds is 2. The molecule has 0 aliphatic carbocycles. The largest absolute Gasteiger partial charge is 0.399 e. The lowest BCUT2D eigenvalue weighted by Crippen LogP contribution is -2.13. The van der Waals surface area contributed by atoms with E-state index in [-0.39, 0.29) is 11.3 Å². The second-order valence-electron chi connectivity index (χ2n) is 4.76. The van der Waals surface area contributed by atoms with Gasteiger partial charge in [-0.2, -0.15) is 0 Å². The molecule has 3 rings (SSSR count). The molecule has 0 heterocycles. The first-order chi connectivity index (χ1) is 10.1. The molecule has 3 nitrogen and oxygen atoms in total. The predicted octanol–water partition coefficient (Wildman–Crippen LogP) is 3.81. The highest BCUT2D eigenvalue weighted by Gasteiger charge is 2.12. The second kappa shape index (κ2) is 5.25. The number of amides is 1. The van der Waals surface area contributed by atoms with Crippen molar-refractivity contribution in [3.8, 4) is 0 Å². The van der Waals surface area contributed by atoms with Crippen molar-refractivity contribution < 1.29 is 9.18 Å². The molecule has 4 heteroatoms. The minimum absolute atomic E-state index is 0.0302. The summed E-state index contributed by atoms with van der Waals surface area (Å²) in [4.78, 5) is 12.1. The standard InChI is InChI=1S/C17H13FN2O/c18-16-10-13(19)6-8-15(16)17(21)20-14-7-5-11-3-1-2-4-12(11)9-14/h1-10H,19H2,(H,20,21). The number of hydrogen-bond acceptors (Lipinski definition) is 2. The molecule has 0 saturated heterocycles. The van der Waals surface area contributed by atoms with Crippen molar-refractivity contribution in [3.63, 3.8) is 0 Å². The summed E-state index contributed by atoms with van der Waals surface area (Å²) in [7, 11) is 0. The van der Waals surface area contributed by atoms with Gasteiger partial charge in [-0.1, -0.05) is 30.3 Å². The first-order valence-corrected chi connectivity index (χ1v) is 6.49. The van der Waals surface area contributed by atoms with E-state index in [1.165, 1.54) is 12.1 Å². The number of fused-ring (bicyclic) bond motifs is 1. The smallest absolute Gasteiger partial charge is 0.258 e. The topological polar surface area (TPSA) is 55.1 Å². The summed E-state index contributed by atoms with van der Waals surface area (Å²) < 4.78 is 13.7. The fourth-order valence-electron chi connectivity index (χ4n) is 2.18. The summed E-state index contributed by atoms with van der Waals surface area (Å²) in [5.74, 6) is -1.13. The van der Waals surface area contributed by atoms with Crippen LogP contribution in [0.2, 0.25) is 0 Å². The van der Waals surface area contributed by atoms with Crippen LogP contribution in [0.3, 0.4) is 0 Å². The van der Waals surface area contributed by atoms with Crippen molar-refractivity contribution in [3.05, 3.63) is 72.0 Å². The van der Waals surface area contributed by atoms with E-state index in [0.717, 1.165) is 16.8 Å². The van der Waals surface area contributed by atoms with Gasteiger partial charge in [0.2, 0.25) is 0 Å². The number of carbonyl (C=O) groups excluding carboxylic acids is 1. The van der Waals surface area contributed by atoms with Crippen LogP contribution in [0.15, 0.2) is 60.7 Å². The van der Waals surface area contributed by atoms with Crippen molar-refractivity contribution in [2.75, 3.05) is 11.1 Å². The molecule has 0 aromatic heterocycles. The highest BCUT2D eigenvalue weighted by atomic mass is 19.1. The highest BCUT2D eigenvalue weighted by molar-refractivity contribution is 6.05. The van der Waals surface area contributed by atoms with Crippen LogP contribution >= 0.6 is 0 Å². The molecular weight excluding hydrogens is 267 g/mol. The Hall–Kier alpha value is -2.88. The number of hydrogen-bond donors (Lipinski definition) is 2. The SMILES string of the molecule is Nc1ccc(C(=O)Nc2ccc3ccccc3c2)c(F)c1. The zero-order valence-electron chi connectivity index (χ0n) is 11.1. The normalized spacial score (nSPS) is 10.5. The van der Waals surface area contributed by atoms with Gasteiger partial charge >= 0.3 is 0 Å². The average molecular weight is 280 g/mol. The summed E-state index contributed by atoms with van der Waals surface area (Å²) in [6, 6.07) is 17.4. The van der Waals surface area contributed by atoms with Gasteiger partial charge in [-0.05, 0) is 41.1 Å². The number of nitrogens with one attached hydrogen (secondary N) is 1. The summed E-state index contributed by atoms with van der Waals surface area (Å²) in [5, 5.41) is 4.78. The highest BCUT2D eigenvalue weighted by Crippen LogP contribution is 2.20. The molecule has 0 aliphatic rings. The minimum Gasteiger partial charge on any atom is -0.399 e. The molecule has 3 aromatic rings. The molecule has 0 spiro atoms. The third-order valence-electron chi connectivity index (χ3n) is 3.25. The Morgan fingerprint density at radius 3 is 2.48 bits per heavy atom. The molecule has 0 saturated carbocycles. The molecule has 0 bridgehead atoms. The maximum absolute atomic E-state index is 13.7. The molecule has 0 atom stereocenters. The zero-order valence-corrected chi connectivity index (χ0v) is 11.1.